The van der Waals surface area contributed by atoms with Gasteiger partial charge < -0.3 is 14.6 Å². The van der Waals surface area contributed by atoms with Gasteiger partial charge in [-0.25, -0.2) is 0 Å². The normalized spacial score (nSPS) is 20.1. The zero-order valence-corrected chi connectivity index (χ0v) is 13.8. The minimum absolute atomic E-state index is 0.107. The van der Waals surface area contributed by atoms with Gasteiger partial charge in [-0.3, -0.25) is 9.58 Å². The fourth-order valence-corrected chi connectivity index (χ4v) is 2.91. The summed E-state index contributed by atoms with van der Waals surface area (Å²) in [5.74, 6) is 0. The van der Waals surface area contributed by atoms with Gasteiger partial charge >= 0.3 is 0 Å². The Morgan fingerprint density at radius 1 is 1.29 bits per heavy atom. The number of hydrogen-bond donors (Lipinski definition) is 1. The molecular formula is C18H25N3O3. The van der Waals surface area contributed by atoms with E-state index >= 15 is 0 Å². The average molecular weight is 331 g/mol. The summed E-state index contributed by atoms with van der Waals surface area (Å²) >= 11 is 0. The molecule has 3 rings (SSSR count). The standard InChI is InChI=1S/C18H25N3O3/c22-17(15-23-14-16-5-2-1-3-6-16)11-20-9-10-24-18(12-20)13-21-8-4-7-19-21/h1-8,17-18,22H,9-15H2/t17-,18-/m0/s1. The van der Waals surface area contributed by atoms with E-state index in [-0.39, 0.29) is 6.10 Å². The van der Waals surface area contributed by atoms with Crippen LogP contribution in [0.15, 0.2) is 48.8 Å². The van der Waals surface area contributed by atoms with Crippen molar-refractivity contribution in [3.8, 4) is 0 Å². The van der Waals surface area contributed by atoms with Crippen LogP contribution in [0, 0.1) is 0 Å². The topological polar surface area (TPSA) is 59.8 Å². The molecule has 2 aromatic rings. The van der Waals surface area contributed by atoms with E-state index in [9.17, 15) is 5.11 Å². The molecule has 0 unspecified atom stereocenters. The quantitative estimate of drug-likeness (QED) is 0.787. The molecule has 130 valence electrons. The minimum Gasteiger partial charge on any atom is -0.389 e. The number of ether oxygens (including phenoxy) is 2. The van der Waals surface area contributed by atoms with Crippen LogP contribution in [-0.4, -0.2) is 64.8 Å². The van der Waals surface area contributed by atoms with E-state index in [1.807, 2.05) is 47.3 Å². The molecule has 2 atom stereocenters. The summed E-state index contributed by atoms with van der Waals surface area (Å²) in [6.07, 6.45) is 3.33. The van der Waals surface area contributed by atoms with Crippen molar-refractivity contribution in [3.05, 3.63) is 54.4 Å². The highest BCUT2D eigenvalue weighted by molar-refractivity contribution is 5.13. The predicted molar refractivity (Wildman–Crippen MR) is 90.5 cm³/mol. The summed E-state index contributed by atoms with van der Waals surface area (Å²) in [5, 5.41) is 14.4. The summed E-state index contributed by atoms with van der Waals surface area (Å²) in [5.41, 5.74) is 1.12. The average Bonchev–Trinajstić information content (AvgIpc) is 3.09. The largest absolute Gasteiger partial charge is 0.389 e. The van der Waals surface area contributed by atoms with Crippen LogP contribution in [0.2, 0.25) is 0 Å². The van der Waals surface area contributed by atoms with Gasteiger partial charge in [0.25, 0.3) is 0 Å². The first kappa shape index (κ1) is 17.1. The van der Waals surface area contributed by atoms with Crippen LogP contribution in [0.4, 0.5) is 0 Å². The number of rotatable bonds is 8. The van der Waals surface area contributed by atoms with Gasteiger partial charge in [-0.15, -0.1) is 0 Å². The predicted octanol–water partition coefficient (Wildman–Crippen LogP) is 1.16. The fourth-order valence-electron chi connectivity index (χ4n) is 2.91. The first-order chi connectivity index (χ1) is 11.8. The first-order valence-electron chi connectivity index (χ1n) is 8.41. The summed E-state index contributed by atoms with van der Waals surface area (Å²) in [4.78, 5) is 2.23. The number of β-amino-alcohol motifs (C(OH)–C–C–N with tert-alkyl or cyclic N) is 1. The second-order valence-electron chi connectivity index (χ2n) is 6.14. The second kappa shape index (κ2) is 8.94. The number of aromatic nitrogens is 2. The number of hydrogen-bond acceptors (Lipinski definition) is 5. The maximum absolute atomic E-state index is 10.2. The Labute approximate surface area is 142 Å². The summed E-state index contributed by atoms with van der Waals surface area (Å²) < 4.78 is 13.3. The number of aliphatic hydroxyl groups excluding tert-OH is 1. The highest BCUT2D eigenvalue weighted by Gasteiger charge is 2.22. The lowest BCUT2D eigenvalue weighted by Gasteiger charge is -2.34. The van der Waals surface area contributed by atoms with E-state index in [2.05, 4.69) is 10.00 Å². The van der Waals surface area contributed by atoms with Gasteiger partial charge in [-0.2, -0.15) is 5.10 Å². The zero-order valence-electron chi connectivity index (χ0n) is 13.8. The van der Waals surface area contributed by atoms with Crippen LogP contribution in [0.3, 0.4) is 0 Å². The fraction of sp³-hybridized carbons (Fsp3) is 0.500. The molecule has 1 aliphatic rings. The van der Waals surface area contributed by atoms with Crippen LogP contribution >= 0.6 is 0 Å². The van der Waals surface area contributed by atoms with E-state index in [0.717, 1.165) is 25.2 Å². The minimum atomic E-state index is -0.489. The van der Waals surface area contributed by atoms with E-state index in [0.29, 0.717) is 26.4 Å². The van der Waals surface area contributed by atoms with Gasteiger partial charge in [0.1, 0.15) is 0 Å². The molecule has 0 spiro atoms. The molecule has 0 bridgehead atoms. The molecule has 0 amide bonds. The molecular weight excluding hydrogens is 306 g/mol. The molecule has 1 aromatic carbocycles. The van der Waals surface area contributed by atoms with Crippen molar-refractivity contribution in [2.24, 2.45) is 0 Å². The summed E-state index contributed by atoms with van der Waals surface area (Å²) in [6, 6.07) is 11.9. The third kappa shape index (κ3) is 5.42. The highest BCUT2D eigenvalue weighted by atomic mass is 16.5. The monoisotopic (exact) mass is 331 g/mol. The molecule has 1 aromatic heterocycles. The van der Waals surface area contributed by atoms with Crippen LogP contribution < -0.4 is 0 Å². The van der Waals surface area contributed by atoms with Crippen molar-refractivity contribution in [3.63, 3.8) is 0 Å². The van der Waals surface area contributed by atoms with Crippen molar-refractivity contribution in [1.29, 1.82) is 0 Å². The van der Waals surface area contributed by atoms with Gasteiger partial charge in [0.15, 0.2) is 0 Å². The molecule has 2 heterocycles. The molecule has 24 heavy (non-hydrogen) atoms. The van der Waals surface area contributed by atoms with E-state index in [4.69, 9.17) is 9.47 Å². The van der Waals surface area contributed by atoms with Gasteiger partial charge in [-0.05, 0) is 11.6 Å². The zero-order chi connectivity index (χ0) is 16.6. The lowest BCUT2D eigenvalue weighted by Crippen LogP contribution is -2.47. The Bertz CT molecular complexity index is 576. The van der Waals surface area contributed by atoms with Crippen LogP contribution in [0.25, 0.3) is 0 Å². The van der Waals surface area contributed by atoms with Crippen LogP contribution in [0.5, 0.6) is 0 Å². The summed E-state index contributed by atoms with van der Waals surface area (Å²) in [7, 11) is 0. The van der Waals surface area contributed by atoms with Crippen LogP contribution in [0.1, 0.15) is 5.56 Å². The molecule has 1 aliphatic heterocycles. The Hall–Kier alpha value is -1.73. The maximum Gasteiger partial charge on any atom is 0.0900 e. The van der Waals surface area contributed by atoms with E-state index in [1.165, 1.54) is 0 Å². The molecule has 0 aliphatic carbocycles. The molecule has 0 radical (unpaired) electrons. The van der Waals surface area contributed by atoms with Gasteiger partial charge in [0.2, 0.25) is 0 Å². The Morgan fingerprint density at radius 2 is 2.17 bits per heavy atom. The second-order valence-corrected chi connectivity index (χ2v) is 6.14. The Morgan fingerprint density at radius 3 is 2.96 bits per heavy atom. The van der Waals surface area contributed by atoms with E-state index in [1.54, 1.807) is 6.20 Å². The third-order valence-corrected chi connectivity index (χ3v) is 4.06. The molecule has 1 fully saturated rings. The van der Waals surface area contributed by atoms with Crippen molar-refractivity contribution in [2.75, 3.05) is 32.8 Å². The van der Waals surface area contributed by atoms with Gasteiger partial charge in [0, 0.05) is 32.0 Å². The molecule has 1 N–H and O–H groups in total. The maximum atomic E-state index is 10.2. The number of morpholine rings is 1. The van der Waals surface area contributed by atoms with Gasteiger partial charge in [0.05, 0.1) is 38.6 Å². The smallest absolute Gasteiger partial charge is 0.0900 e. The van der Waals surface area contributed by atoms with Crippen molar-refractivity contribution in [1.82, 2.24) is 14.7 Å². The molecule has 0 saturated carbocycles. The molecule has 6 nitrogen and oxygen atoms in total. The number of aliphatic hydroxyl groups is 1. The van der Waals surface area contributed by atoms with E-state index < -0.39 is 6.10 Å². The highest BCUT2D eigenvalue weighted by Crippen LogP contribution is 2.09. The molecule has 6 heteroatoms. The number of nitrogens with zero attached hydrogens (tertiary/aromatic N) is 3. The Balaban J connectivity index is 1.36. The SMILES string of the molecule is O[C@H](COCc1ccccc1)CN1CCO[C@H](Cn2cccn2)C1. The van der Waals surface area contributed by atoms with Crippen LogP contribution in [-0.2, 0) is 22.6 Å². The molecule has 1 saturated heterocycles. The Kier molecular flexibility index (Phi) is 6.37. The summed E-state index contributed by atoms with van der Waals surface area (Å²) in [6.45, 7) is 4.54. The van der Waals surface area contributed by atoms with Crippen molar-refractivity contribution >= 4 is 0 Å². The van der Waals surface area contributed by atoms with Crippen molar-refractivity contribution in [2.45, 2.75) is 25.4 Å². The lowest BCUT2D eigenvalue weighted by molar-refractivity contribution is -0.0583. The number of benzene rings is 1. The third-order valence-electron chi connectivity index (χ3n) is 4.06. The lowest BCUT2D eigenvalue weighted by atomic mass is 10.2. The first-order valence-corrected chi connectivity index (χ1v) is 8.41. The van der Waals surface area contributed by atoms with Crippen molar-refractivity contribution < 1.29 is 14.6 Å². The van der Waals surface area contributed by atoms with Gasteiger partial charge in [-0.1, -0.05) is 30.3 Å².